The molecule has 3 aliphatic heterocycles. The third-order valence-electron chi connectivity index (χ3n) is 5.97. The summed E-state index contributed by atoms with van der Waals surface area (Å²) in [5.74, 6) is 0.350. The van der Waals surface area contributed by atoms with E-state index in [0.717, 1.165) is 12.1 Å². The second-order valence-corrected chi connectivity index (χ2v) is 7.90. The van der Waals surface area contributed by atoms with Crippen molar-refractivity contribution in [2.75, 3.05) is 29.6 Å². The van der Waals surface area contributed by atoms with Crippen molar-refractivity contribution in [1.29, 1.82) is 0 Å². The van der Waals surface area contributed by atoms with Gasteiger partial charge in [-0.1, -0.05) is 0 Å². The minimum Gasteiger partial charge on any atom is -0.491 e. The summed E-state index contributed by atoms with van der Waals surface area (Å²) in [5.41, 5.74) is 6.86. The Balaban J connectivity index is 1.51. The highest BCUT2D eigenvalue weighted by Gasteiger charge is 2.52. The number of anilines is 2. The molecular formula is C20H20F3N5O4. The summed E-state index contributed by atoms with van der Waals surface area (Å²) < 4.78 is 52.3. The molecule has 2 aromatic rings. The van der Waals surface area contributed by atoms with Crippen LogP contribution in [0.1, 0.15) is 12.8 Å². The zero-order chi connectivity index (χ0) is 22.6. The smallest absolute Gasteiger partial charge is 0.416 e. The lowest BCUT2D eigenvalue weighted by Gasteiger charge is -2.25. The molecule has 4 heterocycles. The van der Waals surface area contributed by atoms with E-state index in [4.69, 9.17) is 10.5 Å². The molecule has 0 saturated carbocycles. The molecule has 2 saturated heterocycles. The summed E-state index contributed by atoms with van der Waals surface area (Å²) in [6.45, 7) is 0.497. The van der Waals surface area contributed by atoms with Crippen molar-refractivity contribution in [2.45, 2.75) is 37.6 Å². The van der Waals surface area contributed by atoms with E-state index in [1.54, 1.807) is 22.8 Å². The minimum atomic E-state index is -4.64. The number of cyclic esters (lactones) is 1. The summed E-state index contributed by atoms with van der Waals surface area (Å²) in [5, 5.41) is 0. The van der Waals surface area contributed by atoms with Crippen molar-refractivity contribution < 1.29 is 32.2 Å². The number of carbonyl (C=O) groups excluding carboxylic acids is 2. The molecule has 2 amide bonds. The molecule has 0 radical (unpaired) electrons. The zero-order valence-electron chi connectivity index (χ0n) is 16.8. The summed E-state index contributed by atoms with van der Waals surface area (Å²) in [6, 6.07) is 2.85. The van der Waals surface area contributed by atoms with Gasteiger partial charge in [0.05, 0.1) is 12.1 Å². The monoisotopic (exact) mass is 451 g/mol. The third-order valence-corrected chi connectivity index (χ3v) is 5.97. The van der Waals surface area contributed by atoms with Gasteiger partial charge in [0.2, 0.25) is 5.91 Å². The molecule has 32 heavy (non-hydrogen) atoms. The number of imidazole rings is 1. The van der Waals surface area contributed by atoms with Crippen molar-refractivity contribution >= 4 is 23.5 Å². The van der Waals surface area contributed by atoms with Gasteiger partial charge in [0, 0.05) is 24.5 Å². The van der Waals surface area contributed by atoms with Crippen molar-refractivity contribution in [2.24, 2.45) is 5.73 Å². The fraction of sp³-hybridized carbons (Fsp3) is 0.450. The van der Waals surface area contributed by atoms with Crippen LogP contribution >= 0.6 is 0 Å². The lowest BCUT2D eigenvalue weighted by atomic mass is 10.1. The Morgan fingerprint density at radius 1 is 1.22 bits per heavy atom. The Kier molecular flexibility index (Phi) is 4.68. The van der Waals surface area contributed by atoms with Gasteiger partial charge in [-0.15, -0.1) is 0 Å². The SMILES string of the molecule is NC(=O)[C@@H]1CCCN1c1ccc2c(c1)OCCn1cc(N3C(=O)OC[C@H]3C(F)(F)F)nc1-2. The van der Waals surface area contributed by atoms with Gasteiger partial charge in [-0.2, -0.15) is 13.2 Å². The summed E-state index contributed by atoms with van der Waals surface area (Å²) in [6.07, 6.45) is -2.82. The van der Waals surface area contributed by atoms with Crippen LogP contribution in [0.3, 0.4) is 0 Å². The van der Waals surface area contributed by atoms with Gasteiger partial charge >= 0.3 is 12.3 Å². The summed E-state index contributed by atoms with van der Waals surface area (Å²) >= 11 is 0. The normalized spacial score (nSPS) is 22.8. The Labute approximate surface area is 180 Å². The van der Waals surface area contributed by atoms with E-state index in [0.29, 0.717) is 41.5 Å². The highest BCUT2D eigenvalue weighted by molar-refractivity contribution is 5.90. The van der Waals surface area contributed by atoms with E-state index in [9.17, 15) is 22.8 Å². The van der Waals surface area contributed by atoms with Gasteiger partial charge in [-0.3, -0.25) is 4.79 Å². The molecular weight excluding hydrogens is 431 g/mol. The van der Waals surface area contributed by atoms with Gasteiger partial charge < -0.3 is 24.7 Å². The van der Waals surface area contributed by atoms with E-state index >= 15 is 0 Å². The molecule has 5 rings (SSSR count). The summed E-state index contributed by atoms with van der Waals surface area (Å²) in [7, 11) is 0. The van der Waals surface area contributed by atoms with E-state index in [1.807, 2.05) is 4.90 Å². The number of ether oxygens (including phenoxy) is 2. The highest BCUT2D eigenvalue weighted by Crippen LogP contribution is 2.39. The first-order valence-corrected chi connectivity index (χ1v) is 10.2. The van der Waals surface area contributed by atoms with Crippen LogP contribution in [0.15, 0.2) is 24.4 Å². The maximum atomic E-state index is 13.4. The van der Waals surface area contributed by atoms with Crippen LogP contribution < -0.4 is 20.3 Å². The predicted octanol–water partition coefficient (Wildman–Crippen LogP) is 2.28. The maximum absolute atomic E-state index is 13.4. The number of halogens is 3. The number of hydrogen-bond acceptors (Lipinski definition) is 6. The second-order valence-electron chi connectivity index (χ2n) is 7.90. The van der Waals surface area contributed by atoms with Crippen LogP contribution in [-0.2, 0) is 16.1 Å². The van der Waals surface area contributed by atoms with Gasteiger partial charge in [-0.05, 0) is 25.0 Å². The lowest BCUT2D eigenvalue weighted by Crippen LogP contribution is -2.44. The molecule has 0 bridgehead atoms. The molecule has 0 spiro atoms. The van der Waals surface area contributed by atoms with Crippen LogP contribution in [0.2, 0.25) is 0 Å². The topological polar surface area (TPSA) is 103 Å². The first-order chi connectivity index (χ1) is 15.2. The first kappa shape index (κ1) is 20.5. The van der Waals surface area contributed by atoms with Crippen LogP contribution in [-0.4, -0.2) is 59.6 Å². The van der Waals surface area contributed by atoms with Gasteiger partial charge in [0.1, 0.15) is 30.8 Å². The number of benzene rings is 1. The number of fused-ring (bicyclic) bond motifs is 3. The number of primary amides is 1. The van der Waals surface area contributed by atoms with Crippen molar-refractivity contribution in [1.82, 2.24) is 9.55 Å². The fourth-order valence-corrected chi connectivity index (χ4v) is 4.44. The zero-order valence-corrected chi connectivity index (χ0v) is 16.8. The number of carbonyl (C=O) groups is 2. The largest absolute Gasteiger partial charge is 0.491 e. The van der Waals surface area contributed by atoms with Gasteiger partial charge in [0.15, 0.2) is 11.9 Å². The van der Waals surface area contributed by atoms with Crippen molar-refractivity contribution in [3.05, 3.63) is 24.4 Å². The molecule has 1 aromatic carbocycles. The van der Waals surface area contributed by atoms with Gasteiger partial charge in [0.25, 0.3) is 0 Å². The van der Waals surface area contributed by atoms with Crippen LogP contribution in [0.4, 0.5) is 29.5 Å². The van der Waals surface area contributed by atoms with Crippen LogP contribution in [0.5, 0.6) is 5.75 Å². The Morgan fingerprint density at radius 3 is 2.78 bits per heavy atom. The average molecular weight is 451 g/mol. The Hall–Kier alpha value is -3.44. The van der Waals surface area contributed by atoms with E-state index in [1.165, 1.54) is 6.20 Å². The van der Waals surface area contributed by atoms with E-state index < -0.39 is 36.9 Å². The molecule has 2 N–H and O–H groups in total. The average Bonchev–Trinajstić information content (AvgIpc) is 3.43. The van der Waals surface area contributed by atoms with E-state index in [2.05, 4.69) is 9.72 Å². The standard InChI is InChI=1S/C20H20F3N5O4/c21-20(22,23)15-10-32-19(30)28(15)16-9-26-6-7-31-14-8-11(3-4-12(14)18(26)25-16)27-5-1-2-13(27)17(24)29/h3-4,8-9,13,15H,1-2,5-7,10H2,(H2,24,29)/t13-,15-/m0/s1. The fourth-order valence-electron chi connectivity index (χ4n) is 4.44. The number of amides is 2. The van der Waals surface area contributed by atoms with Crippen LogP contribution in [0, 0.1) is 0 Å². The predicted molar refractivity (Wildman–Crippen MR) is 106 cm³/mol. The van der Waals surface area contributed by atoms with E-state index in [-0.39, 0.29) is 12.4 Å². The number of rotatable bonds is 3. The number of alkyl halides is 3. The molecule has 3 aliphatic rings. The number of nitrogens with zero attached hydrogens (tertiary/aromatic N) is 4. The molecule has 12 heteroatoms. The number of aromatic nitrogens is 2. The van der Waals surface area contributed by atoms with Crippen molar-refractivity contribution in [3.8, 4) is 17.1 Å². The molecule has 2 fully saturated rings. The minimum absolute atomic E-state index is 0.130. The highest BCUT2D eigenvalue weighted by atomic mass is 19.4. The quantitative estimate of drug-likeness (QED) is 0.768. The number of nitrogens with two attached hydrogens (primary N) is 1. The van der Waals surface area contributed by atoms with Crippen LogP contribution in [0.25, 0.3) is 11.4 Å². The first-order valence-electron chi connectivity index (χ1n) is 10.2. The molecule has 1 aromatic heterocycles. The Bertz CT molecular complexity index is 1090. The number of hydrogen-bond donors (Lipinski definition) is 1. The Morgan fingerprint density at radius 2 is 2.03 bits per heavy atom. The van der Waals surface area contributed by atoms with Crippen molar-refractivity contribution in [3.63, 3.8) is 0 Å². The molecule has 170 valence electrons. The summed E-state index contributed by atoms with van der Waals surface area (Å²) in [4.78, 5) is 30.6. The lowest BCUT2D eigenvalue weighted by molar-refractivity contribution is -0.147. The molecule has 2 atom stereocenters. The molecule has 9 nitrogen and oxygen atoms in total. The second kappa shape index (κ2) is 7.31. The molecule has 0 unspecified atom stereocenters. The van der Waals surface area contributed by atoms with Gasteiger partial charge in [-0.25, -0.2) is 14.7 Å². The third kappa shape index (κ3) is 3.30. The molecule has 0 aliphatic carbocycles. The maximum Gasteiger partial charge on any atom is 0.416 e.